The van der Waals surface area contributed by atoms with Gasteiger partial charge in [0.2, 0.25) is 5.82 Å². The molecule has 0 radical (unpaired) electrons. The van der Waals surface area contributed by atoms with Crippen LogP contribution in [0, 0.1) is 6.92 Å². The number of aromatic nitrogens is 3. The van der Waals surface area contributed by atoms with E-state index in [0.29, 0.717) is 12.4 Å². The van der Waals surface area contributed by atoms with Gasteiger partial charge in [0, 0.05) is 6.54 Å². The lowest BCUT2D eigenvalue weighted by atomic mass is 10.1. The first-order valence-corrected chi connectivity index (χ1v) is 8.27. The molecule has 0 amide bonds. The van der Waals surface area contributed by atoms with E-state index in [9.17, 15) is 4.79 Å². The molecule has 1 rings (SSSR count). The molecular weight excluding hydrogens is 266 g/mol. The third-order valence-corrected chi connectivity index (χ3v) is 3.63. The molecule has 0 atom stereocenters. The van der Waals surface area contributed by atoms with E-state index in [-0.39, 0.29) is 5.97 Å². The summed E-state index contributed by atoms with van der Waals surface area (Å²) in [6, 6.07) is 0. The summed E-state index contributed by atoms with van der Waals surface area (Å²) in [5.41, 5.74) is 0. The van der Waals surface area contributed by atoms with Crippen LogP contribution in [0.15, 0.2) is 0 Å². The standard InChI is InChI=1S/C16H29N3O2/c1-4-6-7-8-9-10-11-12-13-19-14(3)17-18-15(19)16(20)21-5-2/h4-13H2,1-3H3. The molecule has 0 spiro atoms. The van der Waals surface area contributed by atoms with Gasteiger partial charge in [0.25, 0.3) is 0 Å². The van der Waals surface area contributed by atoms with Crippen molar-refractivity contribution in [2.45, 2.75) is 78.7 Å². The predicted octanol–water partition coefficient (Wildman–Crippen LogP) is 3.90. The van der Waals surface area contributed by atoms with Crippen molar-refractivity contribution in [2.24, 2.45) is 0 Å². The maximum absolute atomic E-state index is 11.8. The van der Waals surface area contributed by atoms with Gasteiger partial charge in [-0.1, -0.05) is 51.9 Å². The van der Waals surface area contributed by atoms with Crippen molar-refractivity contribution in [1.82, 2.24) is 14.8 Å². The molecule has 0 unspecified atom stereocenters. The Labute approximate surface area is 128 Å². The highest BCUT2D eigenvalue weighted by Crippen LogP contribution is 2.11. The van der Waals surface area contributed by atoms with Crippen molar-refractivity contribution < 1.29 is 9.53 Å². The van der Waals surface area contributed by atoms with Gasteiger partial charge in [-0.3, -0.25) is 0 Å². The lowest BCUT2D eigenvalue weighted by molar-refractivity contribution is 0.0505. The van der Waals surface area contributed by atoms with E-state index in [2.05, 4.69) is 17.1 Å². The third kappa shape index (κ3) is 6.27. The van der Waals surface area contributed by atoms with Crippen LogP contribution in [0.2, 0.25) is 0 Å². The molecule has 5 heteroatoms. The zero-order valence-corrected chi connectivity index (χ0v) is 13.7. The molecule has 0 fully saturated rings. The monoisotopic (exact) mass is 295 g/mol. The van der Waals surface area contributed by atoms with Gasteiger partial charge in [0.05, 0.1) is 6.61 Å². The average molecular weight is 295 g/mol. The van der Waals surface area contributed by atoms with Gasteiger partial charge in [-0.2, -0.15) is 0 Å². The fraction of sp³-hybridized carbons (Fsp3) is 0.812. The Morgan fingerprint density at radius 1 is 1.00 bits per heavy atom. The lowest BCUT2D eigenvalue weighted by Gasteiger charge is -2.08. The van der Waals surface area contributed by atoms with E-state index in [4.69, 9.17) is 4.74 Å². The van der Waals surface area contributed by atoms with Crippen LogP contribution in [0.1, 0.15) is 81.7 Å². The molecule has 0 aliphatic heterocycles. The van der Waals surface area contributed by atoms with E-state index in [0.717, 1.165) is 18.8 Å². The molecular formula is C16H29N3O2. The highest BCUT2D eigenvalue weighted by atomic mass is 16.5. The smallest absolute Gasteiger partial charge is 0.376 e. The van der Waals surface area contributed by atoms with Crippen molar-refractivity contribution >= 4 is 5.97 Å². The molecule has 0 aliphatic carbocycles. The zero-order chi connectivity index (χ0) is 15.5. The Kier molecular flexibility index (Phi) is 8.71. The van der Waals surface area contributed by atoms with Crippen molar-refractivity contribution in [3.8, 4) is 0 Å². The summed E-state index contributed by atoms with van der Waals surface area (Å²) in [7, 11) is 0. The van der Waals surface area contributed by atoms with Gasteiger partial charge in [-0.15, -0.1) is 10.2 Å². The molecule has 0 bridgehead atoms. The van der Waals surface area contributed by atoms with E-state index in [1.807, 2.05) is 11.5 Å². The summed E-state index contributed by atoms with van der Waals surface area (Å²) in [6.45, 7) is 7.07. The fourth-order valence-electron chi connectivity index (χ4n) is 2.40. The van der Waals surface area contributed by atoms with E-state index >= 15 is 0 Å². The first-order valence-electron chi connectivity index (χ1n) is 8.27. The molecule has 21 heavy (non-hydrogen) atoms. The Morgan fingerprint density at radius 2 is 1.62 bits per heavy atom. The van der Waals surface area contributed by atoms with Crippen LogP contribution in [0.3, 0.4) is 0 Å². The lowest BCUT2D eigenvalue weighted by Crippen LogP contribution is -2.14. The van der Waals surface area contributed by atoms with Crippen molar-refractivity contribution in [3.05, 3.63) is 11.6 Å². The average Bonchev–Trinajstić information content (AvgIpc) is 2.83. The number of ether oxygens (including phenoxy) is 1. The van der Waals surface area contributed by atoms with Gasteiger partial charge < -0.3 is 9.30 Å². The van der Waals surface area contributed by atoms with Gasteiger partial charge >= 0.3 is 5.97 Å². The van der Waals surface area contributed by atoms with Crippen molar-refractivity contribution in [2.75, 3.05) is 6.61 Å². The molecule has 1 aromatic rings. The second kappa shape index (κ2) is 10.4. The normalized spacial score (nSPS) is 10.8. The first-order chi connectivity index (χ1) is 10.2. The van der Waals surface area contributed by atoms with Crippen LogP contribution in [0.4, 0.5) is 0 Å². The maximum atomic E-state index is 11.8. The maximum Gasteiger partial charge on any atom is 0.376 e. The molecule has 0 aliphatic rings. The second-order valence-electron chi connectivity index (χ2n) is 5.42. The summed E-state index contributed by atoms with van der Waals surface area (Å²) in [4.78, 5) is 11.8. The minimum atomic E-state index is -0.377. The number of aryl methyl sites for hydroxylation is 1. The number of rotatable bonds is 11. The summed E-state index contributed by atoms with van der Waals surface area (Å²) in [5, 5.41) is 7.90. The van der Waals surface area contributed by atoms with Crippen LogP contribution in [0.5, 0.6) is 0 Å². The van der Waals surface area contributed by atoms with Crippen LogP contribution < -0.4 is 0 Å². The molecule has 120 valence electrons. The predicted molar refractivity (Wildman–Crippen MR) is 83.3 cm³/mol. The summed E-state index contributed by atoms with van der Waals surface area (Å²) in [5.74, 6) is 0.732. The molecule has 1 aromatic heterocycles. The molecule has 0 N–H and O–H groups in total. The number of esters is 1. The zero-order valence-electron chi connectivity index (χ0n) is 13.7. The Bertz CT molecular complexity index is 416. The highest BCUT2D eigenvalue weighted by Gasteiger charge is 2.17. The van der Waals surface area contributed by atoms with Gasteiger partial charge in [-0.05, 0) is 20.3 Å². The molecule has 0 saturated carbocycles. The molecule has 5 nitrogen and oxygen atoms in total. The fourth-order valence-corrected chi connectivity index (χ4v) is 2.40. The number of unbranched alkanes of at least 4 members (excludes halogenated alkanes) is 7. The Morgan fingerprint density at radius 3 is 2.24 bits per heavy atom. The van der Waals surface area contributed by atoms with Crippen molar-refractivity contribution in [1.29, 1.82) is 0 Å². The first kappa shape index (κ1) is 17.7. The molecule has 0 aromatic carbocycles. The van der Waals surface area contributed by atoms with E-state index in [1.54, 1.807) is 6.92 Å². The number of carbonyl (C=O) groups is 1. The van der Waals surface area contributed by atoms with Crippen LogP contribution in [-0.4, -0.2) is 27.3 Å². The van der Waals surface area contributed by atoms with Crippen LogP contribution in [0.25, 0.3) is 0 Å². The quantitative estimate of drug-likeness (QED) is 0.459. The Balaban J connectivity index is 2.28. The topological polar surface area (TPSA) is 57.0 Å². The summed E-state index contributed by atoms with van der Waals surface area (Å²) in [6.07, 6.45) is 10.2. The number of hydrogen-bond acceptors (Lipinski definition) is 4. The SMILES string of the molecule is CCCCCCCCCCn1c(C)nnc1C(=O)OCC. The largest absolute Gasteiger partial charge is 0.460 e. The Hall–Kier alpha value is -1.39. The van der Waals surface area contributed by atoms with Gasteiger partial charge in [0.1, 0.15) is 5.82 Å². The third-order valence-electron chi connectivity index (χ3n) is 3.63. The molecule has 0 saturated heterocycles. The number of carbonyl (C=O) groups excluding carboxylic acids is 1. The number of nitrogens with zero attached hydrogens (tertiary/aromatic N) is 3. The minimum absolute atomic E-state index is 0.331. The van der Waals surface area contributed by atoms with Gasteiger partial charge in [0.15, 0.2) is 0 Å². The molecule has 1 heterocycles. The highest BCUT2D eigenvalue weighted by molar-refractivity contribution is 5.85. The van der Waals surface area contributed by atoms with Crippen molar-refractivity contribution in [3.63, 3.8) is 0 Å². The number of hydrogen-bond donors (Lipinski definition) is 0. The van der Waals surface area contributed by atoms with E-state index in [1.165, 1.54) is 44.9 Å². The van der Waals surface area contributed by atoms with Crippen LogP contribution in [-0.2, 0) is 11.3 Å². The minimum Gasteiger partial charge on any atom is -0.460 e. The second-order valence-corrected chi connectivity index (χ2v) is 5.42. The van der Waals surface area contributed by atoms with Gasteiger partial charge in [-0.25, -0.2) is 4.79 Å². The summed E-state index contributed by atoms with van der Waals surface area (Å²) < 4.78 is 6.87. The summed E-state index contributed by atoms with van der Waals surface area (Å²) >= 11 is 0. The van der Waals surface area contributed by atoms with E-state index < -0.39 is 0 Å². The van der Waals surface area contributed by atoms with Crippen LogP contribution >= 0.6 is 0 Å².